The Labute approximate surface area is 105 Å². The van der Waals surface area contributed by atoms with E-state index in [1.165, 1.54) is 12.1 Å². The third kappa shape index (κ3) is 2.87. The predicted octanol–water partition coefficient (Wildman–Crippen LogP) is 3.01. The summed E-state index contributed by atoms with van der Waals surface area (Å²) < 4.78 is 43.8. The fraction of sp³-hybridized carbons (Fsp3) is 0.0833. The first-order valence-corrected chi connectivity index (χ1v) is 5.18. The van der Waals surface area contributed by atoms with Crippen LogP contribution >= 0.6 is 0 Å². The van der Waals surface area contributed by atoms with E-state index >= 15 is 0 Å². The first-order chi connectivity index (χ1) is 8.97. The second kappa shape index (κ2) is 5.05. The maximum atomic E-state index is 13.3. The van der Waals surface area contributed by atoms with Crippen LogP contribution in [0.3, 0.4) is 0 Å². The summed E-state index contributed by atoms with van der Waals surface area (Å²) in [5.74, 6) is -4.69. The molecule has 7 heteroatoms. The Morgan fingerprint density at radius 3 is 2.47 bits per heavy atom. The molecule has 0 fully saturated rings. The van der Waals surface area contributed by atoms with Crippen LogP contribution in [0.2, 0.25) is 0 Å². The number of halogens is 3. The van der Waals surface area contributed by atoms with E-state index in [9.17, 15) is 18.0 Å². The number of hydrogen-bond acceptors (Lipinski definition) is 3. The Morgan fingerprint density at radius 2 is 1.84 bits per heavy atom. The van der Waals surface area contributed by atoms with E-state index in [0.717, 1.165) is 0 Å². The molecule has 1 aromatic heterocycles. The molecule has 0 bridgehead atoms. The summed E-state index contributed by atoms with van der Waals surface area (Å²) in [6, 6.07) is 3.71. The van der Waals surface area contributed by atoms with Crippen LogP contribution in [-0.2, 0) is 6.54 Å². The standard InChI is InChI=1S/C12H8F3NO3/c13-7-3-9(15)10(4-8(7)14)16-5-6-1-2-11(19-6)12(17)18/h1-4,16H,5H2,(H,17,18). The Bertz CT molecular complexity index is 625. The molecular weight excluding hydrogens is 263 g/mol. The fourth-order valence-electron chi connectivity index (χ4n) is 1.43. The average Bonchev–Trinajstić information content (AvgIpc) is 2.81. The molecule has 1 aromatic carbocycles. The summed E-state index contributed by atoms with van der Waals surface area (Å²) in [6.07, 6.45) is 0. The molecule has 1 heterocycles. The normalized spacial score (nSPS) is 10.5. The Hall–Kier alpha value is -2.44. The summed E-state index contributed by atoms with van der Waals surface area (Å²) in [5.41, 5.74) is -0.243. The fourth-order valence-corrected chi connectivity index (χ4v) is 1.43. The molecule has 0 saturated heterocycles. The highest BCUT2D eigenvalue weighted by Gasteiger charge is 2.11. The summed E-state index contributed by atoms with van der Waals surface area (Å²) in [5, 5.41) is 11.1. The molecule has 2 aromatic rings. The number of hydrogen-bond donors (Lipinski definition) is 2. The lowest BCUT2D eigenvalue weighted by Crippen LogP contribution is -2.02. The molecule has 2 N–H and O–H groups in total. The summed E-state index contributed by atoms with van der Waals surface area (Å²) in [6.45, 7) is -0.0602. The molecule has 19 heavy (non-hydrogen) atoms. The lowest BCUT2D eigenvalue weighted by atomic mass is 10.2. The van der Waals surface area contributed by atoms with Crippen molar-refractivity contribution in [2.24, 2.45) is 0 Å². The van der Waals surface area contributed by atoms with Gasteiger partial charge in [0.25, 0.3) is 0 Å². The molecule has 0 unspecified atom stereocenters. The van der Waals surface area contributed by atoms with Gasteiger partial charge in [0.1, 0.15) is 11.6 Å². The van der Waals surface area contributed by atoms with Gasteiger partial charge in [0, 0.05) is 12.1 Å². The summed E-state index contributed by atoms with van der Waals surface area (Å²) >= 11 is 0. The summed E-state index contributed by atoms with van der Waals surface area (Å²) in [4.78, 5) is 10.6. The molecule has 0 amide bonds. The molecule has 0 aliphatic rings. The van der Waals surface area contributed by atoms with E-state index < -0.39 is 23.4 Å². The van der Waals surface area contributed by atoms with Gasteiger partial charge in [0.2, 0.25) is 5.76 Å². The van der Waals surface area contributed by atoms with Crippen molar-refractivity contribution < 1.29 is 27.5 Å². The van der Waals surface area contributed by atoms with Crippen molar-refractivity contribution in [3.63, 3.8) is 0 Å². The second-order valence-electron chi connectivity index (χ2n) is 3.67. The number of carbonyl (C=O) groups is 1. The van der Waals surface area contributed by atoms with Gasteiger partial charge in [-0.25, -0.2) is 18.0 Å². The van der Waals surface area contributed by atoms with E-state index in [4.69, 9.17) is 9.52 Å². The lowest BCUT2D eigenvalue weighted by Gasteiger charge is -2.06. The molecule has 0 spiro atoms. The predicted molar refractivity (Wildman–Crippen MR) is 59.3 cm³/mol. The molecule has 0 radical (unpaired) electrons. The van der Waals surface area contributed by atoms with Gasteiger partial charge in [-0.3, -0.25) is 0 Å². The number of aromatic carboxylic acids is 1. The van der Waals surface area contributed by atoms with Gasteiger partial charge in [-0.15, -0.1) is 0 Å². The highest BCUT2D eigenvalue weighted by atomic mass is 19.2. The van der Waals surface area contributed by atoms with Gasteiger partial charge in [0.05, 0.1) is 12.2 Å². The van der Waals surface area contributed by atoms with Crippen molar-refractivity contribution in [2.45, 2.75) is 6.54 Å². The van der Waals surface area contributed by atoms with E-state index in [0.29, 0.717) is 12.1 Å². The van der Waals surface area contributed by atoms with Crippen molar-refractivity contribution in [3.05, 3.63) is 53.2 Å². The van der Waals surface area contributed by atoms with E-state index in [-0.39, 0.29) is 23.8 Å². The van der Waals surface area contributed by atoms with Crippen LogP contribution in [0, 0.1) is 17.5 Å². The topological polar surface area (TPSA) is 62.5 Å². The van der Waals surface area contributed by atoms with Crippen LogP contribution in [0.15, 0.2) is 28.7 Å². The lowest BCUT2D eigenvalue weighted by molar-refractivity contribution is 0.0660. The van der Waals surface area contributed by atoms with Crippen molar-refractivity contribution in [1.29, 1.82) is 0 Å². The third-order valence-electron chi connectivity index (χ3n) is 2.34. The average molecular weight is 271 g/mol. The first-order valence-electron chi connectivity index (χ1n) is 5.18. The molecule has 4 nitrogen and oxygen atoms in total. The van der Waals surface area contributed by atoms with Crippen LogP contribution in [0.5, 0.6) is 0 Å². The van der Waals surface area contributed by atoms with Crippen LogP contribution in [0.1, 0.15) is 16.3 Å². The number of furan rings is 1. The van der Waals surface area contributed by atoms with E-state index in [1.54, 1.807) is 0 Å². The number of carboxylic acids is 1. The van der Waals surface area contributed by atoms with Crippen LogP contribution in [0.25, 0.3) is 0 Å². The van der Waals surface area contributed by atoms with Gasteiger partial charge >= 0.3 is 5.97 Å². The maximum absolute atomic E-state index is 13.3. The number of anilines is 1. The van der Waals surface area contributed by atoms with E-state index in [1.807, 2.05) is 0 Å². The minimum atomic E-state index is -1.28. The van der Waals surface area contributed by atoms with Gasteiger partial charge in [0.15, 0.2) is 11.6 Å². The van der Waals surface area contributed by atoms with Crippen LogP contribution < -0.4 is 5.32 Å². The van der Waals surface area contributed by atoms with Crippen molar-refractivity contribution in [3.8, 4) is 0 Å². The SMILES string of the molecule is O=C(O)c1ccc(CNc2cc(F)c(F)cc2F)o1. The molecule has 100 valence electrons. The van der Waals surface area contributed by atoms with Gasteiger partial charge in [-0.05, 0) is 12.1 Å². The Morgan fingerprint density at radius 1 is 1.16 bits per heavy atom. The highest BCUT2D eigenvalue weighted by Crippen LogP contribution is 2.19. The number of carboxylic acid groups (broad SMARTS) is 1. The molecule has 2 rings (SSSR count). The zero-order valence-corrected chi connectivity index (χ0v) is 9.41. The van der Waals surface area contributed by atoms with Gasteiger partial charge in [-0.1, -0.05) is 0 Å². The molecule has 0 atom stereocenters. The monoisotopic (exact) mass is 271 g/mol. The first kappa shape index (κ1) is 13.0. The maximum Gasteiger partial charge on any atom is 0.371 e. The minimum absolute atomic E-state index is 0.0602. The largest absolute Gasteiger partial charge is 0.475 e. The van der Waals surface area contributed by atoms with Crippen LogP contribution in [-0.4, -0.2) is 11.1 Å². The number of rotatable bonds is 4. The number of benzene rings is 1. The summed E-state index contributed by atoms with van der Waals surface area (Å²) in [7, 11) is 0. The smallest absolute Gasteiger partial charge is 0.371 e. The van der Waals surface area contributed by atoms with Gasteiger partial charge in [-0.2, -0.15) is 0 Å². The van der Waals surface area contributed by atoms with Crippen molar-refractivity contribution >= 4 is 11.7 Å². The molecule has 0 aliphatic heterocycles. The zero-order chi connectivity index (χ0) is 14.0. The Kier molecular flexibility index (Phi) is 3.46. The molecule has 0 saturated carbocycles. The zero-order valence-electron chi connectivity index (χ0n) is 9.41. The minimum Gasteiger partial charge on any atom is -0.475 e. The Balaban J connectivity index is 2.09. The van der Waals surface area contributed by atoms with Gasteiger partial charge < -0.3 is 14.8 Å². The number of nitrogens with one attached hydrogen (secondary N) is 1. The highest BCUT2D eigenvalue weighted by molar-refractivity contribution is 5.84. The molecule has 0 aliphatic carbocycles. The van der Waals surface area contributed by atoms with Crippen molar-refractivity contribution in [1.82, 2.24) is 0 Å². The van der Waals surface area contributed by atoms with Crippen LogP contribution in [0.4, 0.5) is 18.9 Å². The quantitative estimate of drug-likeness (QED) is 0.839. The second-order valence-corrected chi connectivity index (χ2v) is 3.67. The molecular formula is C12H8F3NO3. The van der Waals surface area contributed by atoms with E-state index in [2.05, 4.69) is 5.32 Å². The van der Waals surface area contributed by atoms with Crippen molar-refractivity contribution in [2.75, 3.05) is 5.32 Å². The third-order valence-corrected chi connectivity index (χ3v) is 2.34.